The number of aromatic nitrogens is 4. The Morgan fingerprint density at radius 1 is 1.04 bits per heavy atom. The highest BCUT2D eigenvalue weighted by molar-refractivity contribution is 6.36. The first kappa shape index (κ1) is 16.6. The molecular formula is C18H13Cl2N5O. The predicted octanol–water partition coefficient (Wildman–Crippen LogP) is 4.05. The van der Waals surface area contributed by atoms with E-state index in [1.165, 1.54) is 0 Å². The van der Waals surface area contributed by atoms with Crippen LogP contribution in [0.25, 0.3) is 11.2 Å². The van der Waals surface area contributed by atoms with E-state index >= 15 is 0 Å². The summed E-state index contributed by atoms with van der Waals surface area (Å²) >= 11 is 12.5. The van der Waals surface area contributed by atoms with Crippen molar-refractivity contribution in [2.75, 3.05) is 0 Å². The maximum atomic E-state index is 9.38. The lowest BCUT2D eigenvalue weighted by atomic mass is 10.2. The fourth-order valence-electron chi connectivity index (χ4n) is 2.62. The Labute approximate surface area is 158 Å². The third-order valence-electron chi connectivity index (χ3n) is 3.91. The maximum Gasteiger partial charge on any atom is 0.181 e. The molecule has 0 aliphatic heterocycles. The van der Waals surface area contributed by atoms with Crippen LogP contribution in [0, 0.1) is 0 Å². The highest BCUT2D eigenvalue weighted by Crippen LogP contribution is 2.25. The number of H-pyrrole nitrogens is 1. The zero-order chi connectivity index (χ0) is 18.1. The Bertz CT molecular complexity index is 1130. The molecule has 130 valence electrons. The molecule has 0 aliphatic rings. The smallest absolute Gasteiger partial charge is 0.181 e. The van der Waals surface area contributed by atoms with E-state index < -0.39 is 0 Å². The Morgan fingerprint density at radius 2 is 1.77 bits per heavy atom. The van der Waals surface area contributed by atoms with Crippen LogP contribution in [0.5, 0.6) is 5.75 Å². The third kappa shape index (κ3) is 3.16. The van der Waals surface area contributed by atoms with Crippen LogP contribution < -0.4 is 5.49 Å². The number of fused-ring (bicyclic) bond motifs is 1. The van der Waals surface area contributed by atoms with Crippen LogP contribution in [-0.4, -0.2) is 24.6 Å². The van der Waals surface area contributed by atoms with E-state index in [0.29, 0.717) is 38.9 Å². The molecule has 2 aromatic heterocycles. The van der Waals surface area contributed by atoms with Gasteiger partial charge in [0.25, 0.3) is 0 Å². The van der Waals surface area contributed by atoms with Crippen molar-refractivity contribution in [2.45, 2.75) is 6.54 Å². The molecule has 8 heteroatoms. The van der Waals surface area contributed by atoms with Crippen LogP contribution in [0.15, 0.2) is 60.1 Å². The van der Waals surface area contributed by atoms with Crippen molar-refractivity contribution in [3.05, 3.63) is 76.2 Å². The van der Waals surface area contributed by atoms with Gasteiger partial charge in [0.2, 0.25) is 0 Å². The van der Waals surface area contributed by atoms with Gasteiger partial charge in [-0.2, -0.15) is 0 Å². The van der Waals surface area contributed by atoms with Gasteiger partial charge in [-0.1, -0.05) is 29.3 Å². The Kier molecular flexibility index (Phi) is 4.36. The van der Waals surface area contributed by atoms with Crippen LogP contribution >= 0.6 is 23.2 Å². The Morgan fingerprint density at radius 3 is 2.50 bits per heavy atom. The van der Waals surface area contributed by atoms with Crippen LogP contribution in [0.1, 0.15) is 5.56 Å². The van der Waals surface area contributed by atoms with Crippen LogP contribution in [0.3, 0.4) is 0 Å². The molecule has 0 spiro atoms. The number of phenolic OH excluding ortho intramolecular Hbond substituents is 1. The second-order valence-electron chi connectivity index (χ2n) is 5.63. The van der Waals surface area contributed by atoms with Gasteiger partial charge >= 0.3 is 0 Å². The fourth-order valence-corrected chi connectivity index (χ4v) is 3.13. The van der Waals surface area contributed by atoms with Crippen molar-refractivity contribution < 1.29 is 5.11 Å². The number of aromatic amines is 1. The maximum absolute atomic E-state index is 9.38. The van der Waals surface area contributed by atoms with Gasteiger partial charge in [0.15, 0.2) is 11.1 Å². The SMILES string of the molecule is Oc1ccc(N=c2ncn(Cc3c(Cl)cccc3Cl)c3nc[nH]c23)cc1. The number of nitrogens with zero attached hydrogens (tertiary/aromatic N) is 4. The van der Waals surface area contributed by atoms with Crippen LogP contribution in [0.4, 0.5) is 5.69 Å². The molecule has 26 heavy (non-hydrogen) atoms. The molecule has 2 aromatic carbocycles. The van der Waals surface area contributed by atoms with E-state index in [2.05, 4.69) is 19.9 Å². The van der Waals surface area contributed by atoms with E-state index in [1.54, 1.807) is 55.1 Å². The molecule has 2 heterocycles. The van der Waals surface area contributed by atoms with E-state index in [1.807, 2.05) is 4.57 Å². The molecule has 0 bridgehead atoms. The second kappa shape index (κ2) is 6.82. The summed E-state index contributed by atoms with van der Waals surface area (Å²) in [7, 11) is 0. The summed E-state index contributed by atoms with van der Waals surface area (Å²) in [5.74, 6) is 0.186. The summed E-state index contributed by atoms with van der Waals surface area (Å²) in [5.41, 5.74) is 3.37. The number of halogens is 2. The molecule has 0 fully saturated rings. The van der Waals surface area contributed by atoms with Gasteiger partial charge in [-0.25, -0.2) is 15.0 Å². The number of benzene rings is 2. The molecule has 0 saturated heterocycles. The summed E-state index contributed by atoms with van der Waals surface area (Å²) < 4.78 is 1.86. The molecule has 4 aromatic rings. The van der Waals surface area contributed by atoms with E-state index in [0.717, 1.165) is 5.56 Å². The number of hydrogen-bond donors (Lipinski definition) is 2. The topological polar surface area (TPSA) is 79.1 Å². The van der Waals surface area contributed by atoms with E-state index in [-0.39, 0.29) is 5.75 Å². The zero-order valence-electron chi connectivity index (χ0n) is 13.4. The molecule has 0 radical (unpaired) electrons. The third-order valence-corrected chi connectivity index (χ3v) is 4.62. The number of nitrogens with one attached hydrogen (secondary N) is 1. The van der Waals surface area contributed by atoms with Gasteiger partial charge < -0.3 is 14.7 Å². The summed E-state index contributed by atoms with van der Waals surface area (Å²) in [6.07, 6.45) is 3.25. The summed E-state index contributed by atoms with van der Waals surface area (Å²) in [6.45, 7) is 0.437. The predicted molar refractivity (Wildman–Crippen MR) is 101 cm³/mol. The number of rotatable bonds is 3. The minimum atomic E-state index is 0.186. The van der Waals surface area contributed by atoms with Crippen molar-refractivity contribution >= 4 is 40.1 Å². The lowest BCUT2D eigenvalue weighted by Crippen LogP contribution is -2.14. The van der Waals surface area contributed by atoms with Crippen molar-refractivity contribution in [3.63, 3.8) is 0 Å². The van der Waals surface area contributed by atoms with Crippen molar-refractivity contribution in [3.8, 4) is 5.75 Å². The van der Waals surface area contributed by atoms with Crippen LogP contribution in [0.2, 0.25) is 10.0 Å². The van der Waals surface area contributed by atoms with Gasteiger partial charge in [0.05, 0.1) is 24.9 Å². The average molecular weight is 386 g/mol. The standard InChI is InChI=1S/C18H13Cl2N5O/c19-14-2-1-3-15(20)13(14)8-25-10-23-17(16-18(25)22-9-21-16)24-11-4-6-12(26)7-5-11/h1-7,9-10,26H,8H2,(H,21,22). The quantitative estimate of drug-likeness (QED) is 0.558. The monoisotopic (exact) mass is 385 g/mol. The first-order valence-corrected chi connectivity index (χ1v) is 8.52. The normalized spacial score (nSPS) is 12.0. The van der Waals surface area contributed by atoms with Gasteiger partial charge in [-0.05, 0) is 36.4 Å². The fraction of sp³-hybridized carbons (Fsp3) is 0.0556. The number of hydrogen-bond acceptors (Lipinski definition) is 4. The molecular weight excluding hydrogens is 373 g/mol. The molecule has 2 N–H and O–H groups in total. The van der Waals surface area contributed by atoms with Crippen molar-refractivity contribution in [1.29, 1.82) is 0 Å². The molecule has 0 unspecified atom stereocenters. The summed E-state index contributed by atoms with van der Waals surface area (Å²) in [5, 5.41) is 10.6. The lowest BCUT2D eigenvalue weighted by molar-refractivity contribution is 0.475. The Balaban J connectivity index is 1.80. The highest BCUT2D eigenvalue weighted by atomic mass is 35.5. The lowest BCUT2D eigenvalue weighted by Gasteiger charge is -2.10. The number of aromatic hydroxyl groups is 1. The molecule has 0 aliphatic carbocycles. The van der Waals surface area contributed by atoms with E-state index in [9.17, 15) is 5.11 Å². The van der Waals surface area contributed by atoms with Crippen molar-refractivity contribution in [1.82, 2.24) is 19.5 Å². The Hall–Kier alpha value is -2.83. The summed E-state index contributed by atoms with van der Waals surface area (Å²) in [4.78, 5) is 16.4. The van der Waals surface area contributed by atoms with Gasteiger partial charge in [0.1, 0.15) is 11.3 Å². The summed E-state index contributed by atoms with van der Waals surface area (Å²) in [6, 6.07) is 12.0. The van der Waals surface area contributed by atoms with Gasteiger partial charge in [-0.15, -0.1) is 0 Å². The highest BCUT2D eigenvalue weighted by Gasteiger charge is 2.10. The molecule has 0 atom stereocenters. The van der Waals surface area contributed by atoms with Crippen LogP contribution in [-0.2, 0) is 6.54 Å². The first-order chi connectivity index (χ1) is 12.6. The molecule has 4 rings (SSSR count). The van der Waals surface area contributed by atoms with E-state index in [4.69, 9.17) is 23.2 Å². The second-order valence-corrected chi connectivity index (χ2v) is 6.44. The molecule has 0 saturated carbocycles. The first-order valence-electron chi connectivity index (χ1n) is 7.77. The minimum absolute atomic E-state index is 0.186. The molecule has 6 nitrogen and oxygen atoms in total. The largest absolute Gasteiger partial charge is 0.508 e. The minimum Gasteiger partial charge on any atom is -0.508 e. The number of phenols is 1. The van der Waals surface area contributed by atoms with Gasteiger partial charge in [-0.3, -0.25) is 0 Å². The zero-order valence-corrected chi connectivity index (χ0v) is 14.9. The number of imidazole rings is 1. The van der Waals surface area contributed by atoms with Crippen molar-refractivity contribution in [2.24, 2.45) is 4.99 Å². The average Bonchev–Trinajstić information content (AvgIpc) is 3.12. The molecule has 0 amide bonds. The van der Waals surface area contributed by atoms with Gasteiger partial charge in [0, 0.05) is 15.6 Å².